The maximum Gasteiger partial charge on any atom is 0.305 e. The number of aliphatic carboxylic acids is 1. The standard InChI is InChI=1S/C34H60N2O11/c1-21(2)15-13-11-9-7-6-8-10-12-14-16-29(40)45-20-27-30(41)31(23(4)34(44)47-27)46-24(5)26(37)19-22(3)33(43)36-25(32(35)42)17-18-28(38)39/h21-25,27,30-31,34,41,44H,6-20H2,1-5H3,(H2,35,42)(H,36,43)(H,38,39)/t22-,23?,24-,25+,27?,30-,31?,34?/m1/s1. The molecule has 2 amide bonds. The second-order valence-electron chi connectivity index (χ2n) is 13.4. The number of hydrogen-bond acceptors (Lipinski definition) is 10. The number of unbranched alkanes of at least 4 members (excludes halogenated alkanes) is 8. The maximum atomic E-state index is 12.9. The van der Waals surface area contributed by atoms with Gasteiger partial charge >= 0.3 is 11.9 Å². The number of ether oxygens (including phenoxy) is 3. The Morgan fingerprint density at radius 1 is 0.851 bits per heavy atom. The summed E-state index contributed by atoms with van der Waals surface area (Å²) < 4.78 is 16.6. The number of primary amides is 1. The molecule has 0 aromatic rings. The second kappa shape index (κ2) is 22.9. The zero-order valence-electron chi connectivity index (χ0n) is 29.0. The number of carboxylic acid groups (broad SMARTS) is 1. The Morgan fingerprint density at radius 2 is 1.43 bits per heavy atom. The molecule has 0 spiro atoms. The van der Waals surface area contributed by atoms with Crippen LogP contribution in [-0.4, -0.2) is 88.2 Å². The Hall–Kier alpha value is -2.61. The highest BCUT2D eigenvalue weighted by Crippen LogP contribution is 2.29. The molecule has 6 N–H and O–H groups in total. The summed E-state index contributed by atoms with van der Waals surface area (Å²) >= 11 is 0. The molecule has 1 rings (SSSR count). The van der Waals surface area contributed by atoms with E-state index >= 15 is 0 Å². The number of nitrogens with two attached hydrogens (primary N) is 1. The summed E-state index contributed by atoms with van der Waals surface area (Å²) in [5.74, 6) is -4.43. The van der Waals surface area contributed by atoms with Crippen LogP contribution in [0.5, 0.6) is 0 Å². The van der Waals surface area contributed by atoms with Gasteiger partial charge in [-0.1, -0.05) is 85.5 Å². The summed E-state index contributed by atoms with van der Waals surface area (Å²) in [7, 11) is 0. The molecule has 0 aliphatic carbocycles. The minimum Gasteiger partial charge on any atom is -0.481 e. The summed E-state index contributed by atoms with van der Waals surface area (Å²) in [5.41, 5.74) is 5.26. The van der Waals surface area contributed by atoms with Crippen LogP contribution in [0, 0.1) is 17.8 Å². The topological polar surface area (TPSA) is 212 Å². The molecule has 13 heteroatoms. The first kappa shape index (κ1) is 42.4. The molecule has 8 atom stereocenters. The first-order valence-electron chi connectivity index (χ1n) is 17.3. The van der Waals surface area contributed by atoms with Gasteiger partial charge in [-0.3, -0.25) is 24.0 Å². The van der Waals surface area contributed by atoms with Gasteiger partial charge in [-0.15, -0.1) is 0 Å². The number of amides is 2. The smallest absolute Gasteiger partial charge is 0.305 e. The molecule has 1 heterocycles. The van der Waals surface area contributed by atoms with Crippen LogP contribution in [0.3, 0.4) is 0 Å². The molecular weight excluding hydrogens is 612 g/mol. The lowest BCUT2D eigenvalue weighted by Crippen LogP contribution is -2.57. The molecule has 272 valence electrons. The predicted molar refractivity (Wildman–Crippen MR) is 174 cm³/mol. The highest BCUT2D eigenvalue weighted by atomic mass is 16.6. The van der Waals surface area contributed by atoms with Crippen molar-refractivity contribution >= 4 is 29.5 Å². The van der Waals surface area contributed by atoms with E-state index in [0.717, 1.165) is 25.2 Å². The molecule has 1 aliphatic rings. The van der Waals surface area contributed by atoms with Crippen LogP contribution in [0.15, 0.2) is 0 Å². The number of Topliss-reactive ketones (excluding diaryl/α,β-unsaturated/α-hetero) is 1. The van der Waals surface area contributed by atoms with E-state index < -0.39 is 78.1 Å². The van der Waals surface area contributed by atoms with Crippen LogP contribution in [-0.2, 0) is 38.2 Å². The third-order valence-corrected chi connectivity index (χ3v) is 8.65. The highest BCUT2D eigenvalue weighted by Gasteiger charge is 2.45. The van der Waals surface area contributed by atoms with Gasteiger partial charge in [0, 0.05) is 31.1 Å². The summed E-state index contributed by atoms with van der Waals surface area (Å²) in [4.78, 5) is 60.2. The minimum absolute atomic E-state index is 0.187. The fraction of sp³-hybridized carbons (Fsp3) is 0.853. The van der Waals surface area contributed by atoms with Crippen molar-refractivity contribution in [1.82, 2.24) is 5.32 Å². The van der Waals surface area contributed by atoms with Crippen molar-refractivity contribution in [3.05, 3.63) is 0 Å². The molecule has 0 radical (unpaired) electrons. The number of carboxylic acids is 1. The third-order valence-electron chi connectivity index (χ3n) is 8.65. The van der Waals surface area contributed by atoms with Gasteiger partial charge < -0.3 is 40.6 Å². The Balaban J connectivity index is 2.46. The maximum absolute atomic E-state index is 12.9. The predicted octanol–water partition coefficient (Wildman–Crippen LogP) is 3.39. The van der Waals surface area contributed by atoms with E-state index in [2.05, 4.69) is 19.2 Å². The van der Waals surface area contributed by atoms with Crippen molar-refractivity contribution < 1.29 is 53.5 Å². The van der Waals surface area contributed by atoms with Crippen LogP contribution < -0.4 is 11.1 Å². The fourth-order valence-electron chi connectivity index (χ4n) is 5.46. The molecule has 1 fully saturated rings. The largest absolute Gasteiger partial charge is 0.481 e. The second-order valence-corrected chi connectivity index (χ2v) is 13.4. The molecule has 1 saturated heterocycles. The number of carbonyl (C=O) groups is 5. The molecular formula is C34H60N2O11. The summed E-state index contributed by atoms with van der Waals surface area (Å²) in [6.07, 6.45) is 5.05. The van der Waals surface area contributed by atoms with Gasteiger partial charge in [0.05, 0.1) is 6.10 Å². The fourth-order valence-corrected chi connectivity index (χ4v) is 5.46. The van der Waals surface area contributed by atoms with E-state index in [0.29, 0.717) is 6.42 Å². The number of rotatable bonds is 25. The van der Waals surface area contributed by atoms with Crippen LogP contribution in [0.4, 0.5) is 0 Å². The molecule has 0 aromatic heterocycles. The first-order chi connectivity index (χ1) is 22.1. The summed E-state index contributed by atoms with van der Waals surface area (Å²) in [5, 5.41) is 32.6. The number of nitrogens with one attached hydrogen (secondary N) is 1. The monoisotopic (exact) mass is 672 g/mol. The molecule has 1 aliphatic heterocycles. The Morgan fingerprint density at radius 3 is 1.98 bits per heavy atom. The zero-order valence-corrected chi connectivity index (χ0v) is 29.0. The molecule has 0 saturated carbocycles. The van der Waals surface area contributed by atoms with Gasteiger partial charge in [-0.2, -0.15) is 0 Å². The zero-order chi connectivity index (χ0) is 35.5. The molecule has 4 unspecified atom stereocenters. The average Bonchev–Trinajstić information content (AvgIpc) is 3.00. The molecule has 47 heavy (non-hydrogen) atoms. The van der Waals surface area contributed by atoms with Gasteiger partial charge in [0.2, 0.25) is 11.8 Å². The number of carbonyl (C=O) groups excluding carboxylic acids is 4. The van der Waals surface area contributed by atoms with Crippen LogP contribution in [0.2, 0.25) is 0 Å². The number of esters is 1. The van der Waals surface area contributed by atoms with Gasteiger partial charge in [-0.25, -0.2) is 0 Å². The minimum atomic E-state index is -1.34. The van der Waals surface area contributed by atoms with Crippen molar-refractivity contribution in [3.8, 4) is 0 Å². The lowest BCUT2D eigenvalue weighted by Gasteiger charge is -2.42. The molecule has 0 aromatic carbocycles. The van der Waals surface area contributed by atoms with Crippen molar-refractivity contribution in [2.45, 2.75) is 161 Å². The van der Waals surface area contributed by atoms with Crippen LogP contribution in [0.1, 0.15) is 125 Å². The normalized spacial score (nSPS) is 23.1. The van der Waals surface area contributed by atoms with Gasteiger partial charge in [-0.05, 0) is 25.7 Å². The van der Waals surface area contributed by atoms with Crippen molar-refractivity contribution in [2.24, 2.45) is 23.5 Å². The van der Waals surface area contributed by atoms with E-state index in [1.807, 2.05) is 0 Å². The number of hydrogen-bond donors (Lipinski definition) is 5. The Kier molecular flexibility index (Phi) is 20.6. The van der Waals surface area contributed by atoms with Crippen LogP contribution >= 0.6 is 0 Å². The Labute approximate surface area is 279 Å². The summed E-state index contributed by atoms with van der Waals surface area (Å²) in [6, 6.07) is -1.19. The molecule has 0 bridgehead atoms. The van der Waals surface area contributed by atoms with Gasteiger partial charge in [0.15, 0.2) is 12.1 Å². The summed E-state index contributed by atoms with van der Waals surface area (Å²) in [6.45, 7) is 8.72. The molecule has 13 nitrogen and oxygen atoms in total. The number of aliphatic hydroxyl groups excluding tert-OH is 2. The van der Waals surface area contributed by atoms with E-state index in [1.54, 1.807) is 6.92 Å². The SMILES string of the molecule is CC(C)CCCCCCCCCCCC(=O)OCC1OC(O)C(C)C(O[C@H](C)C(=O)C[C@@H](C)C(=O)N[C@@H](CCC(=O)O)C(N)=O)[C@@H]1O. The van der Waals surface area contributed by atoms with Crippen molar-refractivity contribution in [3.63, 3.8) is 0 Å². The van der Waals surface area contributed by atoms with Gasteiger partial charge in [0.25, 0.3) is 0 Å². The van der Waals surface area contributed by atoms with Crippen molar-refractivity contribution in [2.75, 3.05) is 6.61 Å². The van der Waals surface area contributed by atoms with Crippen molar-refractivity contribution in [1.29, 1.82) is 0 Å². The number of ketones is 1. The van der Waals surface area contributed by atoms with E-state index in [4.69, 9.17) is 25.1 Å². The van der Waals surface area contributed by atoms with E-state index in [9.17, 15) is 34.2 Å². The Bertz CT molecular complexity index is 976. The quantitative estimate of drug-likeness (QED) is 0.0700. The van der Waals surface area contributed by atoms with E-state index in [-0.39, 0.29) is 32.3 Å². The van der Waals surface area contributed by atoms with Gasteiger partial charge in [0.1, 0.15) is 31.0 Å². The number of aliphatic hydroxyl groups is 2. The third kappa shape index (κ3) is 17.4. The lowest BCUT2D eigenvalue weighted by molar-refractivity contribution is -0.279. The van der Waals surface area contributed by atoms with Crippen LogP contribution in [0.25, 0.3) is 0 Å². The average molecular weight is 673 g/mol. The van der Waals surface area contributed by atoms with E-state index in [1.165, 1.54) is 52.4 Å². The first-order valence-corrected chi connectivity index (χ1v) is 17.3. The highest BCUT2D eigenvalue weighted by molar-refractivity contribution is 5.91. The lowest BCUT2D eigenvalue weighted by atomic mass is 9.91.